The van der Waals surface area contributed by atoms with Crippen molar-refractivity contribution < 1.29 is 27.4 Å². The van der Waals surface area contributed by atoms with Gasteiger partial charge in [0.2, 0.25) is 0 Å². The SMILES string of the molecule is CC(C)(O)[C@@H](Nc1cncc2ncnn12)c1ccc(OC(F)(F)F)c(F)c1. The van der Waals surface area contributed by atoms with Crippen LogP contribution in [0, 0.1) is 5.82 Å². The fourth-order valence-corrected chi connectivity index (χ4v) is 2.57. The predicted molar refractivity (Wildman–Crippen MR) is 86.5 cm³/mol. The summed E-state index contributed by atoms with van der Waals surface area (Å²) in [4.78, 5) is 7.98. The summed E-state index contributed by atoms with van der Waals surface area (Å²) < 4.78 is 56.1. The van der Waals surface area contributed by atoms with Crippen molar-refractivity contribution >= 4 is 11.5 Å². The standard InChI is InChI=1S/C16H15F4N5O2/c1-15(2,26)14(24-13-7-21-6-12-22-8-23-25(12)13)9-3-4-11(10(17)5-9)27-16(18,19)20/h3-8,14,24,26H,1-2H3/t14-/m0/s1. The molecule has 0 spiro atoms. The van der Waals surface area contributed by atoms with Crippen molar-refractivity contribution in [3.05, 3.63) is 48.3 Å². The number of halogens is 4. The number of aliphatic hydroxyl groups is 1. The fourth-order valence-electron chi connectivity index (χ4n) is 2.57. The molecule has 27 heavy (non-hydrogen) atoms. The Kier molecular flexibility index (Phi) is 4.64. The molecular weight excluding hydrogens is 370 g/mol. The van der Waals surface area contributed by atoms with Gasteiger partial charge in [0.25, 0.3) is 0 Å². The van der Waals surface area contributed by atoms with Crippen LogP contribution in [0.3, 0.4) is 0 Å². The lowest BCUT2D eigenvalue weighted by Crippen LogP contribution is -2.35. The zero-order valence-electron chi connectivity index (χ0n) is 14.2. The Hall–Kier alpha value is -2.95. The van der Waals surface area contributed by atoms with Crippen LogP contribution in [0.25, 0.3) is 5.65 Å². The minimum Gasteiger partial charge on any atom is -0.403 e. The molecule has 0 radical (unpaired) electrons. The van der Waals surface area contributed by atoms with E-state index in [1.807, 2.05) is 0 Å². The van der Waals surface area contributed by atoms with Gasteiger partial charge in [-0.2, -0.15) is 9.61 Å². The minimum absolute atomic E-state index is 0.201. The van der Waals surface area contributed by atoms with Crippen molar-refractivity contribution in [3.63, 3.8) is 0 Å². The highest BCUT2D eigenvalue weighted by Crippen LogP contribution is 2.33. The van der Waals surface area contributed by atoms with Gasteiger partial charge < -0.3 is 15.2 Å². The summed E-state index contributed by atoms with van der Waals surface area (Å²) in [7, 11) is 0. The molecule has 3 aromatic rings. The van der Waals surface area contributed by atoms with E-state index in [-0.39, 0.29) is 5.56 Å². The van der Waals surface area contributed by atoms with E-state index in [1.165, 1.54) is 43.2 Å². The summed E-state index contributed by atoms with van der Waals surface area (Å²) in [5, 5.41) is 17.5. The minimum atomic E-state index is -5.01. The zero-order valence-corrected chi connectivity index (χ0v) is 14.2. The Morgan fingerprint density at radius 1 is 1.22 bits per heavy atom. The van der Waals surface area contributed by atoms with Crippen LogP contribution in [0.15, 0.2) is 36.9 Å². The highest BCUT2D eigenvalue weighted by Gasteiger charge is 2.34. The Balaban J connectivity index is 1.96. The number of hydrogen-bond donors (Lipinski definition) is 2. The quantitative estimate of drug-likeness (QED) is 0.657. The lowest BCUT2D eigenvalue weighted by atomic mass is 9.91. The normalized spacial score (nSPS) is 13.6. The van der Waals surface area contributed by atoms with E-state index >= 15 is 0 Å². The number of alkyl halides is 3. The lowest BCUT2D eigenvalue weighted by molar-refractivity contribution is -0.275. The van der Waals surface area contributed by atoms with Crippen molar-refractivity contribution in [1.82, 2.24) is 19.6 Å². The van der Waals surface area contributed by atoms with E-state index in [4.69, 9.17) is 0 Å². The van der Waals surface area contributed by atoms with Gasteiger partial charge in [-0.1, -0.05) is 6.07 Å². The van der Waals surface area contributed by atoms with Crippen LogP contribution in [0.2, 0.25) is 0 Å². The highest BCUT2D eigenvalue weighted by molar-refractivity contribution is 5.47. The van der Waals surface area contributed by atoms with Crippen LogP contribution in [0.4, 0.5) is 23.4 Å². The van der Waals surface area contributed by atoms with E-state index in [1.54, 1.807) is 0 Å². The zero-order chi connectivity index (χ0) is 19.8. The average Bonchev–Trinajstić information content (AvgIpc) is 3.01. The number of nitrogens with zero attached hydrogens (tertiary/aromatic N) is 4. The number of anilines is 1. The van der Waals surface area contributed by atoms with E-state index in [2.05, 4.69) is 25.1 Å². The molecule has 1 aromatic carbocycles. The molecule has 2 aromatic heterocycles. The molecule has 0 unspecified atom stereocenters. The number of ether oxygens (including phenoxy) is 1. The predicted octanol–water partition coefficient (Wildman–Crippen LogP) is 3.09. The molecule has 2 N–H and O–H groups in total. The number of rotatable bonds is 5. The molecule has 11 heteroatoms. The van der Waals surface area contributed by atoms with Gasteiger partial charge >= 0.3 is 6.36 Å². The summed E-state index contributed by atoms with van der Waals surface area (Å²) in [6.45, 7) is 2.94. The molecule has 0 bridgehead atoms. The van der Waals surface area contributed by atoms with Crippen LogP contribution < -0.4 is 10.1 Å². The van der Waals surface area contributed by atoms with E-state index < -0.39 is 29.6 Å². The van der Waals surface area contributed by atoms with E-state index in [0.717, 1.165) is 12.1 Å². The number of aromatic nitrogens is 4. The number of fused-ring (bicyclic) bond motifs is 1. The van der Waals surface area contributed by atoms with E-state index in [0.29, 0.717) is 11.5 Å². The maximum Gasteiger partial charge on any atom is 0.573 e. The molecule has 2 heterocycles. The van der Waals surface area contributed by atoms with Gasteiger partial charge in [0, 0.05) is 0 Å². The van der Waals surface area contributed by atoms with Crippen molar-refractivity contribution in [2.75, 3.05) is 5.32 Å². The summed E-state index contributed by atoms with van der Waals surface area (Å²) in [6, 6.07) is 2.05. The lowest BCUT2D eigenvalue weighted by Gasteiger charge is -2.31. The van der Waals surface area contributed by atoms with Gasteiger partial charge in [-0.3, -0.25) is 4.98 Å². The summed E-state index contributed by atoms with van der Waals surface area (Å²) >= 11 is 0. The van der Waals surface area contributed by atoms with E-state index in [9.17, 15) is 22.7 Å². The van der Waals surface area contributed by atoms with Crippen molar-refractivity contribution in [1.29, 1.82) is 0 Å². The van der Waals surface area contributed by atoms with Crippen LogP contribution in [-0.4, -0.2) is 36.7 Å². The topological polar surface area (TPSA) is 84.6 Å². The molecule has 0 amide bonds. The average molecular weight is 385 g/mol. The molecule has 0 aliphatic heterocycles. The fraction of sp³-hybridized carbons (Fsp3) is 0.312. The number of hydrogen-bond acceptors (Lipinski definition) is 6. The van der Waals surface area contributed by atoms with Gasteiger partial charge in [0.1, 0.15) is 12.1 Å². The number of nitrogens with one attached hydrogen (secondary N) is 1. The summed E-state index contributed by atoms with van der Waals surface area (Å²) in [5.41, 5.74) is -0.775. The van der Waals surface area contributed by atoms with Crippen LogP contribution in [0.1, 0.15) is 25.5 Å². The monoisotopic (exact) mass is 385 g/mol. The van der Waals surface area contributed by atoms with Crippen LogP contribution in [0.5, 0.6) is 5.75 Å². The second-order valence-electron chi connectivity index (χ2n) is 6.29. The summed E-state index contributed by atoms with van der Waals surface area (Å²) in [6.07, 6.45) is -0.799. The van der Waals surface area contributed by atoms with Gasteiger partial charge in [0.15, 0.2) is 17.2 Å². The maximum atomic E-state index is 14.1. The Bertz CT molecular complexity index is 952. The third kappa shape index (κ3) is 4.25. The van der Waals surface area contributed by atoms with Crippen LogP contribution >= 0.6 is 0 Å². The first-order chi connectivity index (χ1) is 12.5. The van der Waals surface area contributed by atoms with Gasteiger partial charge in [-0.25, -0.2) is 9.37 Å². The molecule has 3 rings (SSSR count). The Morgan fingerprint density at radius 3 is 2.59 bits per heavy atom. The van der Waals surface area contributed by atoms with Crippen molar-refractivity contribution in [2.24, 2.45) is 0 Å². The molecule has 0 aliphatic carbocycles. The molecule has 0 fully saturated rings. The first-order valence-corrected chi connectivity index (χ1v) is 7.72. The van der Waals surface area contributed by atoms with Gasteiger partial charge in [-0.05, 0) is 31.5 Å². The third-order valence-corrected chi connectivity index (χ3v) is 3.70. The molecule has 0 aliphatic rings. The Morgan fingerprint density at radius 2 is 1.96 bits per heavy atom. The summed E-state index contributed by atoms with van der Waals surface area (Å²) in [5.74, 6) is -1.81. The molecule has 1 atom stereocenters. The molecular formula is C16H15F4N5O2. The first kappa shape index (κ1) is 18.8. The molecule has 0 saturated carbocycles. The van der Waals surface area contributed by atoms with Crippen LogP contribution in [-0.2, 0) is 0 Å². The maximum absolute atomic E-state index is 14.1. The van der Waals surface area contributed by atoms with Crippen molar-refractivity contribution in [2.45, 2.75) is 31.9 Å². The van der Waals surface area contributed by atoms with Gasteiger partial charge in [0.05, 0.1) is 24.0 Å². The third-order valence-electron chi connectivity index (χ3n) is 3.70. The molecule has 144 valence electrons. The van der Waals surface area contributed by atoms with Crippen molar-refractivity contribution in [3.8, 4) is 5.75 Å². The molecule has 7 nitrogen and oxygen atoms in total. The first-order valence-electron chi connectivity index (χ1n) is 7.72. The molecule has 0 saturated heterocycles. The smallest absolute Gasteiger partial charge is 0.403 e. The number of benzene rings is 1. The van der Waals surface area contributed by atoms with Gasteiger partial charge in [-0.15, -0.1) is 13.2 Å². The highest BCUT2D eigenvalue weighted by atomic mass is 19.4. The largest absolute Gasteiger partial charge is 0.573 e. The second kappa shape index (κ2) is 6.65. The second-order valence-corrected chi connectivity index (χ2v) is 6.29. The Labute approximate surface area is 150 Å².